The highest BCUT2D eigenvalue weighted by atomic mass is 15.2. The van der Waals surface area contributed by atoms with Crippen molar-refractivity contribution >= 4 is 54.8 Å². The van der Waals surface area contributed by atoms with Crippen LogP contribution in [0.2, 0.25) is 0 Å². The molecule has 0 saturated carbocycles. The minimum Gasteiger partial charge on any atom is -0.324 e. The van der Waals surface area contributed by atoms with Gasteiger partial charge >= 0.3 is 0 Å². The van der Waals surface area contributed by atoms with Gasteiger partial charge in [0.1, 0.15) is 11.7 Å². The third-order valence-corrected chi connectivity index (χ3v) is 12.4. The second-order valence-electron chi connectivity index (χ2n) is 15.7. The molecule has 1 aliphatic heterocycles. The van der Waals surface area contributed by atoms with E-state index in [1.165, 1.54) is 76.5 Å². The standard InChI is InChI=1S/C56H41N3/c1-36-43(25-14-26-44(36)56-58-54(40-18-6-3-7-19-40)57-55(59-56)41-29-27-38(28-30-41)37-15-4-2-5-16-37)53-45-20-9-8-17-39(45)31-33-46(53)42-32-34-51-49-23-11-10-21-47(49)48-22-12-13-24-50(48)52(51)35-42/h2-36,43,56H,1H3,(H,57,58,59). The van der Waals surface area contributed by atoms with E-state index in [1.807, 2.05) is 6.07 Å². The molecule has 2 aliphatic rings. The fraction of sp³-hybridized carbons (Fsp3) is 0.0714. The third-order valence-electron chi connectivity index (χ3n) is 12.4. The molecule has 1 aliphatic carbocycles. The Hall–Kier alpha value is -7.36. The van der Waals surface area contributed by atoms with Crippen LogP contribution in [0.1, 0.15) is 29.5 Å². The number of allylic oxidation sites excluding steroid dienone is 3. The zero-order chi connectivity index (χ0) is 39.3. The topological polar surface area (TPSA) is 36.8 Å². The highest BCUT2D eigenvalue weighted by Gasteiger charge is 2.32. The van der Waals surface area contributed by atoms with Crippen LogP contribution in [0.5, 0.6) is 0 Å². The number of nitrogens with one attached hydrogen (secondary N) is 1. The van der Waals surface area contributed by atoms with Crippen LogP contribution in [0.4, 0.5) is 0 Å². The summed E-state index contributed by atoms with van der Waals surface area (Å²) in [6, 6.07) is 67.8. The first-order valence-electron chi connectivity index (χ1n) is 20.6. The van der Waals surface area contributed by atoms with E-state index in [9.17, 15) is 0 Å². The summed E-state index contributed by atoms with van der Waals surface area (Å²) in [5.74, 6) is 1.86. The molecular formula is C56H41N3. The molecule has 0 fully saturated rings. The van der Waals surface area contributed by atoms with Crippen LogP contribution in [0.3, 0.4) is 0 Å². The average molecular weight is 756 g/mol. The molecule has 1 heterocycles. The van der Waals surface area contributed by atoms with Crippen molar-refractivity contribution < 1.29 is 0 Å². The van der Waals surface area contributed by atoms with Gasteiger partial charge < -0.3 is 5.32 Å². The fourth-order valence-electron chi connectivity index (χ4n) is 9.40. The summed E-state index contributed by atoms with van der Waals surface area (Å²) in [6.07, 6.45) is 6.48. The number of benzene rings is 9. The van der Waals surface area contributed by atoms with Gasteiger partial charge in [-0.1, -0.05) is 207 Å². The summed E-state index contributed by atoms with van der Waals surface area (Å²) in [6.45, 7) is 2.36. The van der Waals surface area contributed by atoms with Gasteiger partial charge in [-0.3, -0.25) is 0 Å². The van der Waals surface area contributed by atoms with Crippen LogP contribution in [0, 0.1) is 5.92 Å². The van der Waals surface area contributed by atoms with Gasteiger partial charge in [-0.05, 0) is 88.5 Å². The molecule has 9 aromatic carbocycles. The van der Waals surface area contributed by atoms with Crippen molar-refractivity contribution in [3.8, 4) is 22.3 Å². The van der Waals surface area contributed by atoms with Crippen molar-refractivity contribution in [1.82, 2.24) is 5.32 Å². The molecule has 3 nitrogen and oxygen atoms in total. The summed E-state index contributed by atoms with van der Waals surface area (Å²) in [4.78, 5) is 10.7. The Kier molecular flexibility index (Phi) is 8.59. The van der Waals surface area contributed by atoms with E-state index in [1.54, 1.807) is 0 Å². The average Bonchev–Trinajstić information content (AvgIpc) is 3.32. The van der Waals surface area contributed by atoms with Crippen molar-refractivity contribution in [2.75, 3.05) is 0 Å². The van der Waals surface area contributed by atoms with Crippen molar-refractivity contribution in [3.05, 3.63) is 229 Å². The lowest BCUT2D eigenvalue weighted by Crippen LogP contribution is -2.39. The predicted molar refractivity (Wildman–Crippen MR) is 249 cm³/mol. The van der Waals surface area contributed by atoms with E-state index in [4.69, 9.17) is 9.98 Å². The van der Waals surface area contributed by atoms with Crippen molar-refractivity contribution in [3.63, 3.8) is 0 Å². The maximum absolute atomic E-state index is 5.38. The van der Waals surface area contributed by atoms with Gasteiger partial charge in [-0.25, -0.2) is 9.98 Å². The first-order valence-corrected chi connectivity index (χ1v) is 20.6. The molecule has 11 rings (SSSR count). The molecule has 0 radical (unpaired) electrons. The minimum atomic E-state index is -0.392. The zero-order valence-corrected chi connectivity index (χ0v) is 32.8. The molecule has 1 N–H and O–H groups in total. The highest BCUT2D eigenvalue weighted by Crippen LogP contribution is 2.46. The molecule has 3 unspecified atom stereocenters. The largest absolute Gasteiger partial charge is 0.324 e. The van der Waals surface area contributed by atoms with Gasteiger partial charge in [-0.15, -0.1) is 0 Å². The number of amidine groups is 2. The van der Waals surface area contributed by atoms with E-state index in [0.29, 0.717) is 0 Å². The van der Waals surface area contributed by atoms with Crippen LogP contribution < -0.4 is 5.32 Å². The lowest BCUT2D eigenvalue weighted by atomic mass is 9.74. The van der Waals surface area contributed by atoms with Crippen LogP contribution in [0.25, 0.3) is 65.3 Å². The zero-order valence-electron chi connectivity index (χ0n) is 32.8. The Balaban J connectivity index is 1.03. The van der Waals surface area contributed by atoms with Gasteiger partial charge in [0.25, 0.3) is 0 Å². The maximum Gasteiger partial charge on any atom is 0.166 e. The third kappa shape index (κ3) is 6.14. The number of rotatable bonds is 6. The second kappa shape index (κ2) is 14.5. The molecule has 0 saturated heterocycles. The fourth-order valence-corrected chi connectivity index (χ4v) is 9.40. The number of nitrogens with zero attached hydrogens (tertiary/aromatic N) is 2. The molecule has 0 spiro atoms. The molecule has 3 heteroatoms. The highest BCUT2D eigenvalue weighted by molar-refractivity contribution is 6.26. The summed E-state index contributed by atoms with van der Waals surface area (Å²) >= 11 is 0. The number of fused-ring (bicyclic) bond motifs is 7. The maximum atomic E-state index is 5.38. The summed E-state index contributed by atoms with van der Waals surface area (Å²) in [7, 11) is 0. The lowest BCUT2D eigenvalue weighted by molar-refractivity contribution is 0.552. The van der Waals surface area contributed by atoms with E-state index in [2.05, 4.69) is 212 Å². The lowest BCUT2D eigenvalue weighted by Gasteiger charge is -2.33. The monoisotopic (exact) mass is 755 g/mol. The Labute approximate surface area is 344 Å². The first-order chi connectivity index (χ1) is 29.2. The first kappa shape index (κ1) is 34.9. The molecule has 280 valence electrons. The predicted octanol–water partition coefficient (Wildman–Crippen LogP) is 13.7. The minimum absolute atomic E-state index is 0.0919. The van der Waals surface area contributed by atoms with E-state index in [0.717, 1.165) is 22.8 Å². The van der Waals surface area contributed by atoms with Crippen molar-refractivity contribution in [2.24, 2.45) is 15.9 Å². The number of hydrogen-bond donors (Lipinski definition) is 1. The van der Waals surface area contributed by atoms with Crippen LogP contribution >= 0.6 is 0 Å². The van der Waals surface area contributed by atoms with E-state index >= 15 is 0 Å². The van der Waals surface area contributed by atoms with Crippen LogP contribution in [-0.2, 0) is 0 Å². The van der Waals surface area contributed by atoms with E-state index in [-0.39, 0.29) is 11.8 Å². The molecular weight excluding hydrogens is 715 g/mol. The van der Waals surface area contributed by atoms with Crippen LogP contribution in [0.15, 0.2) is 222 Å². The van der Waals surface area contributed by atoms with E-state index < -0.39 is 6.17 Å². The van der Waals surface area contributed by atoms with Crippen LogP contribution in [-0.4, -0.2) is 17.8 Å². The quantitative estimate of drug-likeness (QED) is 0.169. The Morgan fingerprint density at radius 2 is 0.915 bits per heavy atom. The van der Waals surface area contributed by atoms with Crippen molar-refractivity contribution in [1.29, 1.82) is 0 Å². The number of aliphatic imine (C=N–C) groups is 2. The van der Waals surface area contributed by atoms with Gasteiger partial charge in [0.05, 0.1) is 0 Å². The normalized spacial score (nSPS) is 17.8. The molecule has 0 bridgehead atoms. The van der Waals surface area contributed by atoms with Gasteiger partial charge in [-0.2, -0.15) is 0 Å². The number of hydrogen-bond acceptors (Lipinski definition) is 3. The van der Waals surface area contributed by atoms with Gasteiger partial charge in [0.2, 0.25) is 0 Å². The summed E-state index contributed by atoms with van der Waals surface area (Å²) < 4.78 is 0. The second-order valence-corrected chi connectivity index (χ2v) is 15.7. The van der Waals surface area contributed by atoms with Crippen molar-refractivity contribution in [2.45, 2.75) is 19.0 Å². The molecule has 59 heavy (non-hydrogen) atoms. The summed E-state index contributed by atoms with van der Waals surface area (Å²) in [5, 5.41) is 13.8. The van der Waals surface area contributed by atoms with Gasteiger partial charge in [0, 0.05) is 17.0 Å². The molecule has 0 aromatic heterocycles. The Bertz CT molecular complexity index is 3160. The Morgan fingerprint density at radius 1 is 0.424 bits per heavy atom. The molecule has 0 amide bonds. The summed E-state index contributed by atoms with van der Waals surface area (Å²) in [5.41, 5.74) is 9.45. The van der Waals surface area contributed by atoms with Gasteiger partial charge in [0.15, 0.2) is 6.17 Å². The SMILES string of the molecule is CC1C(C2N=C(c3ccccc3)NC(c3ccc(-c4ccccc4)cc3)=N2)=CC=CC1c1c(-c2ccc3c4ccccc4c4ccccc4c3c2)ccc2ccccc12. The molecule has 3 atom stereocenters. The smallest absolute Gasteiger partial charge is 0.166 e. The molecule has 9 aromatic rings. The Morgan fingerprint density at radius 3 is 1.58 bits per heavy atom.